The second-order valence-corrected chi connectivity index (χ2v) is 8.20. The maximum absolute atomic E-state index is 13.3. The average molecular weight is 440 g/mol. The first kappa shape index (κ1) is 19.8. The van der Waals surface area contributed by atoms with Gasteiger partial charge in [-0.2, -0.15) is 0 Å². The Hall–Kier alpha value is -4.17. The molecule has 0 aliphatic carbocycles. The number of aromatic nitrogens is 3. The Morgan fingerprint density at radius 1 is 1.03 bits per heavy atom. The number of hydrogen-bond acceptors (Lipinski definition) is 6. The van der Waals surface area contributed by atoms with Gasteiger partial charge in [0.1, 0.15) is 0 Å². The number of fused-ring (bicyclic) bond motifs is 2. The van der Waals surface area contributed by atoms with Crippen LogP contribution in [0.25, 0.3) is 32.1 Å². The summed E-state index contributed by atoms with van der Waals surface area (Å²) in [6.45, 7) is 1.77. The third-order valence-corrected chi connectivity index (χ3v) is 6.10. The summed E-state index contributed by atoms with van der Waals surface area (Å²) < 4.78 is 0.982. The summed E-state index contributed by atoms with van der Waals surface area (Å²) in [6, 6.07) is 16.5. The smallest absolute Gasteiger partial charge is 0.355 e. The van der Waals surface area contributed by atoms with E-state index in [0.29, 0.717) is 32.9 Å². The molecule has 0 atom stereocenters. The molecule has 0 saturated carbocycles. The van der Waals surface area contributed by atoms with Crippen LogP contribution >= 0.6 is 11.3 Å². The van der Waals surface area contributed by atoms with Crippen molar-refractivity contribution < 1.29 is 14.7 Å². The Labute approximate surface area is 186 Å². The summed E-state index contributed by atoms with van der Waals surface area (Å²) in [4.78, 5) is 37.7. The van der Waals surface area contributed by atoms with E-state index in [0.717, 1.165) is 15.6 Å². The van der Waals surface area contributed by atoms with Gasteiger partial charge in [0.25, 0.3) is 5.91 Å². The number of anilines is 1. The number of hydrogen-bond donors (Lipinski definition) is 2. The number of nitrogens with one attached hydrogen (secondary N) is 1. The van der Waals surface area contributed by atoms with Crippen LogP contribution in [0.3, 0.4) is 0 Å². The molecule has 0 aliphatic rings. The molecule has 3 aromatic heterocycles. The predicted molar refractivity (Wildman–Crippen MR) is 124 cm³/mol. The molecule has 156 valence electrons. The number of pyridine rings is 2. The summed E-state index contributed by atoms with van der Waals surface area (Å²) >= 11 is 1.40. The lowest BCUT2D eigenvalue weighted by Crippen LogP contribution is -2.14. The highest BCUT2D eigenvalue weighted by atomic mass is 32.1. The Morgan fingerprint density at radius 3 is 2.69 bits per heavy atom. The molecule has 0 aliphatic heterocycles. The quantitative estimate of drug-likeness (QED) is 0.400. The van der Waals surface area contributed by atoms with E-state index in [1.807, 2.05) is 30.3 Å². The fourth-order valence-electron chi connectivity index (χ4n) is 3.66. The number of amides is 1. The lowest BCUT2D eigenvalue weighted by Gasteiger charge is -2.11. The van der Waals surface area contributed by atoms with Crippen LogP contribution in [0.4, 0.5) is 5.13 Å². The number of thiazole rings is 1. The van der Waals surface area contributed by atoms with Gasteiger partial charge in [-0.15, -0.1) is 0 Å². The van der Waals surface area contributed by atoms with Crippen molar-refractivity contribution in [3.8, 4) is 11.1 Å². The highest BCUT2D eigenvalue weighted by molar-refractivity contribution is 7.22. The number of carboxylic acid groups (broad SMARTS) is 1. The lowest BCUT2D eigenvalue weighted by molar-refractivity contribution is 0.0691. The highest BCUT2D eigenvalue weighted by Gasteiger charge is 2.19. The minimum atomic E-state index is -1.11. The van der Waals surface area contributed by atoms with Crippen molar-refractivity contribution in [3.05, 3.63) is 83.9 Å². The van der Waals surface area contributed by atoms with Crippen LogP contribution in [-0.4, -0.2) is 31.9 Å². The fourth-order valence-corrected chi connectivity index (χ4v) is 4.52. The molecule has 0 unspecified atom stereocenters. The summed E-state index contributed by atoms with van der Waals surface area (Å²) in [5, 5.41) is 14.4. The van der Waals surface area contributed by atoms with Crippen LogP contribution in [0.15, 0.2) is 67.0 Å². The molecule has 8 heteroatoms. The van der Waals surface area contributed by atoms with Gasteiger partial charge in [0.05, 0.1) is 21.5 Å². The minimum Gasteiger partial charge on any atom is -0.476 e. The predicted octanol–water partition coefficient (Wildman–Crippen LogP) is 5.17. The van der Waals surface area contributed by atoms with E-state index in [2.05, 4.69) is 20.3 Å². The van der Waals surface area contributed by atoms with E-state index in [4.69, 9.17) is 0 Å². The molecular weight excluding hydrogens is 424 g/mol. The van der Waals surface area contributed by atoms with E-state index in [1.54, 1.807) is 37.4 Å². The van der Waals surface area contributed by atoms with Crippen molar-refractivity contribution in [2.75, 3.05) is 5.32 Å². The molecule has 2 aromatic carbocycles. The van der Waals surface area contributed by atoms with Gasteiger partial charge >= 0.3 is 5.97 Å². The van der Waals surface area contributed by atoms with Gasteiger partial charge in [-0.1, -0.05) is 41.7 Å². The van der Waals surface area contributed by atoms with Gasteiger partial charge < -0.3 is 5.11 Å². The Morgan fingerprint density at radius 2 is 1.88 bits per heavy atom. The SMILES string of the molecule is Cc1ncc2ccc(-c3cccnc3C(=O)O)cc2c1C(=O)Nc1nc2ccccc2s1. The summed E-state index contributed by atoms with van der Waals surface area (Å²) in [7, 11) is 0. The molecule has 0 spiro atoms. The van der Waals surface area contributed by atoms with Crippen LogP contribution in [-0.2, 0) is 0 Å². The average Bonchev–Trinajstić information content (AvgIpc) is 3.20. The number of para-hydroxylation sites is 1. The number of aromatic carboxylic acids is 1. The summed E-state index contributed by atoms with van der Waals surface area (Å²) in [6.07, 6.45) is 3.14. The van der Waals surface area contributed by atoms with Gasteiger partial charge in [-0.25, -0.2) is 14.8 Å². The number of nitrogens with zero attached hydrogens (tertiary/aromatic N) is 3. The number of benzene rings is 2. The molecular formula is C24H16N4O3S. The molecule has 0 saturated heterocycles. The van der Waals surface area contributed by atoms with Crippen LogP contribution in [0.2, 0.25) is 0 Å². The number of carbonyl (C=O) groups is 2. The Bertz CT molecular complexity index is 1490. The molecule has 0 fully saturated rings. The van der Waals surface area contributed by atoms with Crippen molar-refractivity contribution in [2.24, 2.45) is 0 Å². The first-order valence-electron chi connectivity index (χ1n) is 9.76. The van der Waals surface area contributed by atoms with Gasteiger partial charge in [0.15, 0.2) is 10.8 Å². The van der Waals surface area contributed by atoms with Gasteiger partial charge in [-0.05, 0) is 42.1 Å². The van der Waals surface area contributed by atoms with Crippen molar-refractivity contribution >= 4 is 49.3 Å². The van der Waals surface area contributed by atoms with E-state index in [-0.39, 0.29) is 11.6 Å². The molecule has 32 heavy (non-hydrogen) atoms. The van der Waals surface area contributed by atoms with Gasteiger partial charge in [0.2, 0.25) is 0 Å². The van der Waals surface area contributed by atoms with E-state index < -0.39 is 5.97 Å². The zero-order chi connectivity index (χ0) is 22.2. The second kappa shape index (κ2) is 7.82. The molecule has 5 rings (SSSR count). The highest BCUT2D eigenvalue weighted by Crippen LogP contribution is 2.30. The minimum absolute atomic E-state index is 0.0434. The maximum Gasteiger partial charge on any atom is 0.355 e. The zero-order valence-corrected chi connectivity index (χ0v) is 17.7. The largest absolute Gasteiger partial charge is 0.476 e. The zero-order valence-electron chi connectivity index (χ0n) is 16.9. The number of carboxylic acids is 1. The molecule has 0 radical (unpaired) electrons. The molecule has 5 aromatic rings. The fraction of sp³-hybridized carbons (Fsp3) is 0.0417. The second-order valence-electron chi connectivity index (χ2n) is 7.17. The summed E-state index contributed by atoms with van der Waals surface area (Å²) in [5.41, 5.74) is 2.90. The monoisotopic (exact) mass is 440 g/mol. The topological polar surface area (TPSA) is 105 Å². The van der Waals surface area contributed by atoms with Gasteiger partial charge in [-0.3, -0.25) is 15.1 Å². The standard InChI is InChI=1S/C24H16N4O3S/c1-13-20(22(29)28-24-27-18-6-2-3-7-19(18)32-24)17-11-14(8-9-15(17)12-26-13)16-5-4-10-25-21(16)23(30)31/h2-12H,1H3,(H,30,31)(H,27,28,29). The number of carbonyl (C=O) groups excluding carboxylic acids is 1. The Kier molecular flexibility index (Phi) is 4.84. The third-order valence-electron chi connectivity index (χ3n) is 5.14. The van der Waals surface area contributed by atoms with Gasteiger partial charge in [0, 0.05) is 23.3 Å². The van der Waals surface area contributed by atoms with Crippen LogP contribution in [0.5, 0.6) is 0 Å². The maximum atomic E-state index is 13.3. The van der Waals surface area contributed by atoms with Crippen molar-refractivity contribution in [1.29, 1.82) is 0 Å². The number of rotatable bonds is 4. The lowest BCUT2D eigenvalue weighted by atomic mass is 9.97. The number of aryl methyl sites for hydroxylation is 1. The molecule has 1 amide bonds. The van der Waals surface area contributed by atoms with E-state index in [9.17, 15) is 14.7 Å². The Balaban J connectivity index is 1.61. The third kappa shape index (κ3) is 3.46. The molecule has 2 N–H and O–H groups in total. The molecule has 3 heterocycles. The van der Waals surface area contributed by atoms with Crippen LogP contribution in [0, 0.1) is 6.92 Å². The van der Waals surface area contributed by atoms with Crippen LogP contribution < -0.4 is 5.32 Å². The normalized spacial score (nSPS) is 11.0. The van der Waals surface area contributed by atoms with E-state index >= 15 is 0 Å². The van der Waals surface area contributed by atoms with Crippen LogP contribution in [0.1, 0.15) is 26.5 Å². The first-order valence-corrected chi connectivity index (χ1v) is 10.6. The molecule has 0 bridgehead atoms. The van der Waals surface area contributed by atoms with Crippen molar-refractivity contribution in [1.82, 2.24) is 15.0 Å². The first-order chi connectivity index (χ1) is 15.5. The van der Waals surface area contributed by atoms with Crippen molar-refractivity contribution in [2.45, 2.75) is 6.92 Å². The van der Waals surface area contributed by atoms with E-state index in [1.165, 1.54) is 17.5 Å². The summed E-state index contributed by atoms with van der Waals surface area (Å²) in [5.74, 6) is -1.43. The molecule has 7 nitrogen and oxygen atoms in total. The van der Waals surface area contributed by atoms with Crippen molar-refractivity contribution in [3.63, 3.8) is 0 Å².